The van der Waals surface area contributed by atoms with Crippen LogP contribution in [0, 0.1) is 11.8 Å². The fourth-order valence-corrected chi connectivity index (χ4v) is 2.70. The number of rotatable bonds is 6. The Morgan fingerprint density at radius 1 is 1.05 bits per heavy atom. The molecule has 0 radical (unpaired) electrons. The van der Waals surface area contributed by atoms with Crippen LogP contribution >= 0.6 is 0 Å². The molecule has 116 valence electrons. The summed E-state index contributed by atoms with van der Waals surface area (Å²) in [6, 6.07) is 9.53. The summed E-state index contributed by atoms with van der Waals surface area (Å²) in [6.45, 7) is 2.22. The van der Waals surface area contributed by atoms with Gasteiger partial charge in [-0.1, -0.05) is 38.3 Å². The molecule has 0 fully saturated rings. The van der Waals surface area contributed by atoms with Crippen molar-refractivity contribution in [2.45, 2.75) is 51.9 Å². The first-order valence-corrected chi connectivity index (χ1v) is 8.27. The molecule has 0 unspecified atom stereocenters. The largest absolute Gasteiger partial charge is 0.347 e. The summed E-state index contributed by atoms with van der Waals surface area (Å²) in [5.41, 5.74) is 2.16. The molecule has 0 spiro atoms. The van der Waals surface area contributed by atoms with Crippen LogP contribution in [0.15, 0.2) is 35.1 Å². The van der Waals surface area contributed by atoms with E-state index in [9.17, 15) is 4.79 Å². The molecule has 2 heteroatoms. The minimum absolute atomic E-state index is 0.108. The third kappa shape index (κ3) is 4.24. The quantitative estimate of drug-likeness (QED) is 0.570. The van der Waals surface area contributed by atoms with Crippen molar-refractivity contribution in [3.05, 3.63) is 46.2 Å². The van der Waals surface area contributed by atoms with E-state index in [-0.39, 0.29) is 5.43 Å². The lowest BCUT2D eigenvalue weighted by molar-refractivity contribution is 0.679. The highest BCUT2D eigenvalue weighted by Crippen LogP contribution is 2.12. The Kier molecular flexibility index (Phi) is 6.27. The van der Waals surface area contributed by atoms with E-state index in [2.05, 4.69) is 23.3 Å². The van der Waals surface area contributed by atoms with E-state index in [1.54, 1.807) is 6.07 Å². The number of hydrogen-bond acceptors (Lipinski definition) is 1. The zero-order chi connectivity index (χ0) is 15.8. The Morgan fingerprint density at radius 3 is 2.64 bits per heavy atom. The molecule has 2 rings (SSSR count). The van der Waals surface area contributed by atoms with Gasteiger partial charge in [0.25, 0.3) is 0 Å². The number of nitrogens with zero attached hydrogens (tertiary/aromatic N) is 1. The Hall–Kier alpha value is -2.01. The number of pyridine rings is 1. The van der Waals surface area contributed by atoms with E-state index in [4.69, 9.17) is 0 Å². The second-order valence-electron chi connectivity index (χ2n) is 5.74. The third-order valence-electron chi connectivity index (χ3n) is 4.05. The van der Waals surface area contributed by atoms with Crippen molar-refractivity contribution in [2.75, 3.05) is 0 Å². The summed E-state index contributed by atoms with van der Waals surface area (Å²) in [5.74, 6) is 6.49. The summed E-state index contributed by atoms with van der Waals surface area (Å²) < 4.78 is 2.11. The van der Waals surface area contributed by atoms with Gasteiger partial charge in [-0.3, -0.25) is 4.79 Å². The summed E-state index contributed by atoms with van der Waals surface area (Å²) >= 11 is 0. The predicted molar refractivity (Wildman–Crippen MR) is 94.0 cm³/mol. The Bertz CT molecular complexity index is 731. The number of unbranched alkanes of at least 4 members (excludes halogenated alkanes) is 4. The molecule has 0 saturated heterocycles. The molecule has 0 saturated carbocycles. The van der Waals surface area contributed by atoms with Crippen molar-refractivity contribution in [3.63, 3.8) is 0 Å². The molecular weight excluding hydrogens is 270 g/mol. The number of aryl methyl sites for hydroxylation is 2. The van der Waals surface area contributed by atoms with E-state index in [0.29, 0.717) is 0 Å². The normalized spacial score (nSPS) is 10.5. The first-order valence-electron chi connectivity index (χ1n) is 8.27. The summed E-state index contributed by atoms with van der Waals surface area (Å²) in [5, 5.41) is 0.788. The van der Waals surface area contributed by atoms with Crippen molar-refractivity contribution in [1.29, 1.82) is 0 Å². The van der Waals surface area contributed by atoms with Crippen LogP contribution in [0.5, 0.6) is 0 Å². The SMILES string of the molecule is CCCCCCC#CCCc1cc(=O)c2ccccc2n1C. The van der Waals surface area contributed by atoms with Crippen LogP contribution in [0.4, 0.5) is 0 Å². The molecule has 2 aromatic rings. The smallest absolute Gasteiger partial charge is 0.189 e. The average molecular weight is 295 g/mol. The number of aromatic nitrogens is 1. The van der Waals surface area contributed by atoms with Crippen LogP contribution in [0.1, 0.15) is 51.1 Å². The minimum atomic E-state index is 0.108. The lowest BCUT2D eigenvalue weighted by Gasteiger charge is -2.10. The Balaban J connectivity index is 1.97. The van der Waals surface area contributed by atoms with Gasteiger partial charge in [-0.15, -0.1) is 11.8 Å². The minimum Gasteiger partial charge on any atom is -0.347 e. The second kappa shape index (κ2) is 8.44. The van der Waals surface area contributed by atoms with Gasteiger partial charge in [-0.05, 0) is 25.0 Å². The van der Waals surface area contributed by atoms with E-state index in [1.165, 1.54) is 25.7 Å². The molecule has 2 nitrogen and oxygen atoms in total. The Labute approximate surface area is 133 Å². The summed E-state index contributed by atoms with van der Waals surface area (Å²) in [6.07, 6.45) is 7.71. The van der Waals surface area contributed by atoms with Crippen molar-refractivity contribution >= 4 is 10.9 Å². The van der Waals surface area contributed by atoms with E-state index in [1.807, 2.05) is 31.3 Å². The zero-order valence-electron chi connectivity index (χ0n) is 13.7. The van der Waals surface area contributed by atoms with Crippen molar-refractivity contribution < 1.29 is 0 Å². The fourth-order valence-electron chi connectivity index (χ4n) is 2.70. The number of fused-ring (bicyclic) bond motifs is 1. The van der Waals surface area contributed by atoms with Gasteiger partial charge in [0.1, 0.15) is 0 Å². The van der Waals surface area contributed by atoms with E-state index in [0.717, 1.165) is 35.9 Å². The highest BCUT2D eigenvalue weighted by atomic mass is 16.1. The van der Waals surface area contributed by atoms with Crippen molar-refractivity contribution in [2.24, 2.45) is 7.05 Å². The van der Waals surface area contributed by atoms with E-state index >= 15 is 0 Å². The Morgan fingerprint density at radius 2 is 1.82 bits per heavy atom. The van der Waals surface area contributed by atoms with Gasteiger partial charge < -0.3 is 4.57 Å². The predicted octanol–water partition coefficient (Wildman–Crippen LogP) is 4.44. The molecule has 0 bridgehead atoms. The first kappa shape index (κ1) is 16.4. The van der Waals surface area contributed by atoms with Crippen LogP contribution < -0.4 is 5.43 Å². The van der Waals surface area contributed by atoms with Crippen LogP contribution in [0.2, 0.25) is 0 Å². The molecule has 1 aromatic carbocycles. The molecule has 0 aliphatic heterocycles. The lowest BCUT2D eigenvalue weighted by Crippen LogP contribution is -2.11. The molecule has 0 amide bonds. The number of benzene rings is 1. The summed E-state index contributed by atoms with van der Waals surface area (Å²) in [4.78, 5) is 12.1. The van der Waals surface area contributed by atoms with Gasteiger partial charge in [-0.25, -0.2) is 0 Å². The molecule has 0 aliphatic carbocycles. The molecule has 0 aliphatic rings. The van der Waals surface area contributed by atoms with Gasteiger partial charge in [-0.2, -0.15) is 0 Å². The molecule has 0 N–H and O–H groups in total. The van der Waals surface area contributed by atoms with Gasteiger partial charge in [0.2, 0.25) is 0 Å². The van der Waals surface area contributed by atoms with Crippen molar-refractivity contribution in [3.8, 4) is 11.8 Å². The maximum Gasteiger partial charge on any atom is 0.189 e. The van der Waals surface area contributed by atoms with Gasteiger partial charge in [0, 0.05) is 37.0 Å². The highest BCUT2D eigenvalue weighted by molar-refractivity contribution is 5.79. The van der Waals surface area contributed by atoms with Crippen LogP contribution in [-0.2, 0) is 13.5 Å². The first-order chi connectivity index (χ1) is 10.7. The highest BCUT2D eigenvalue weighted by Gasteiger charge is 2.04. The molecule has 1 aromatic heterocycles. The standard InChI is InChI=1S/C20H25NO/c1-3-4-5-6-7-8-9-10-13-17-16-20(22)18-14-11-12-15-19(18)21(17)2/h11-12,14-16H,3-7,10,13H2,1-2H3. The van der Waals surface area contributed by atoms with Crippen LogP contribution in [0.3, 0.4) is 0 Å². The fraction of sp³-hybridized carbons (Fsp3) is 0.450. The summed E-state index contributed by atoms with van der Waals surface area (Å²) in [7, 11) is 2.02. The maximum absolute atomic E-state index is 12.1. The van der Waals surface area contributed by atoms with Gasteiger partial charge in [0.05, 0.1) is 5.52 Å². The van der Waals surface area contributed by atoms with Gasteiger partial charge >= 0.3 is 0 Å². The molecule has 1 heterocycles. The topological polar surface area (TPSA) is 22.0 Å². The van der Waals surface area contributed by atoms with Crippen LogP contribution in [-0.4, -0.2) is 4.57 Å². The number of hydrogen-bond donors (Lipinski definition) is 0. The molecular formula is C20H25NO. The zero-order valence-corrected chi connectivity index (χ0v) is 13.7. The lowest BCUT2D eigenvalue weighted by atomic mass is 10.1. The third-order valence-corrected chi connectivity index (χ3v) is 4.05. The van der Waals surface area contributed by atoms with Gasteiger partial charge in [0.15, 0.2) is 5.43 Å². The second-order valence-corrected chi connectivity index (χ2v) is 5.74. The molecule has 0 atom stereocenters. The monoisotopic (exact) mass is 295 g/mol. The number of para-hydroxylation sites is 1. The van der Waals surface area contributed by atoms with Crippen LogP contribution in [0.25, 0.3) is 10.9 Å². The maximum atomic E-state index is 12.1. The average Bonchev–Trinajstić information content (AvgIpc) is 2.54. The van der Waals surface area contributed by atoms with Crippen molar-refractivity contribution in [1.82, 2.24) is 4.57 Å². The molecule has 22 heavy (non-hydrogen) atoms. The van der Waals surface area contributed by atoms with E-state index < -0.39 is 0 Å².